The maximum Gasteiger partial charge on any atom is 0.348 e. The van der Waals surface area contributed by atoms with E-state index in [9.17, 15) is 8.42 Å². The molecule has 0 bridgehead atoms. The van der Waals surface area contributed by atoms with Crippen LogP contribution in [-0.4, -0.2) is 15.0 Å². The minimum Gasteiger partial charge on any atom is -0.490 e. The third-order valence-electron chi connectivity index (χ3n) is 2.14. The lowest BCUT2D eigenvalue weighted by molar-refractivity contribution is 0.327. The molecule has 7 heteroatoms. The van der Waals surface area contributed by atoms with Crippen molar-refractivity contribution >= 4 is 37.4 Å². The first-order chi connectivity index (χ1) is 9.03. The number of ether oxygens (including phenoxy) is 1. The van der Waals surface area contributed by atoms with Gasteiger partial charge in [0.15, 0.2) is 15.7 Å². The Kier molecular flexibility index (Phi) is 4.49. The molecule has 0 unspecified atom stereocenters. The van der Waals surface area contributed by atoms with E-state index < -0.39 is 10.1 Å². The summed E-state index contributed by atoms with van der Waals surface area (Å²) >= 11 is 4.32. The average molecular weight is 363 g/mol. The Hall–Kier alpha value is -1.05. The van der Waals surface area contributed by atoms with Crippen molar-refractivity contribution in [1.29, 1.82) is 0 Å². The highest BCUT2D eigenvalue weighted by Crippen LogP contribution is 2.32. The van der Waals surface area contributed by atoms with Gasteiger partial charge in [-0.1, -0.05) is 12.1 Å². The first kappa shape index (κ1) is 14.4. The van der Waals surface area contributed by atoms with Gasteiger partial charge in [-0.05, 0) is 47.1 Å². The summed E-state index contributed by atoms with van der Waals surface area (Å²) in [5.41, 5.74) is 0. The molecule has 0 aliphatic carbocycles. The smallest absolute Gasteiger partial charge is 0.348 e. The molecule has 0 spiro atoms. The average Bonchev–Trinajstić information content (AvgIpc) is 2.79. The van der Waals surface area contributed by atoms with Gasteiger partial charge in [0.25, 0.3) is 0 Å². The zero-order valence-electron chi connectivity index (χ0n) is 10.00. The minimum atomic E-state index is -3.82. The van der Waals surface area contributed by atoms with Gasteiger partial charge in [-0.25, -0.2) is 0 Å². The second kappa shape index (κ2) is 5.94. The maximum atomic E-state index is 12.1. The van der Waals surface area contributed by atoms with Crippen LogP contribution in [0.4, 0.5) is 0 Å². The summed E-state index contributed by atoms with van der Waals surface area (Å²) in [7, 11) is -3.82. The Balaban J connectivity index is 2.30. The van der Waals surface area contributed by atoms with Crippen LogP contribution in [0.25, 0.3) is 0 Å². The summed E-state index contributed by atoms with van der Waals surface area (Å²) in [6.45, 7) is 2.26. The van der Waals surface area contributed by atoms with Crippen molar-refractivity contribution in [3.05, 3.63) is 40.2 Å². The molecule has 0 N–H and O–H groups in total. The molecule has 2 rings (SSSR count). The van der Waals surface area contributed by atoms with Crippen LogP contribution in [0.3, 0.4) is 0 Å². The predicted octanol–water partition coefficient (Wildman–Crippen LogP) is 3.68. The van der Waals surface area contributed by atoms with E-state index in [1.165, 1.54) is 6.07 Å². The normalized spacial score (nSPS) is 11.3. The van der Waals surface area contributed by atoms with Gasteiger partial charge in [0.05, 0.1) is 10.4 Å². The molecular weight excluding hydrogens is 352 g/mol. The topological polar surface area (TPSA) is 52.6 Å². The molecule has 1 aromatic heterocycles. The summed E-state index contributed by atoms with van der Waals surface area (Å²) in [5, 5.41) is 0. The Bertz CT molecular complexity index is 664. The molecule has 0 amide bonds. The Morgan fingerprint density at radius 2 is 1.84 bits per heavy atom. The number of thiophene rings is 1. The van der Waals surface area contributed by atoms with Crippen molar-refractivity contribution in [3.63, 3.8) is 0 Å². The fourth-order valence-electron chi connectivity index (χ4n) is 1.39. The quantitative estimate of drug-likeness (QED) is 0.761. The van der Waals surface area contributed by atoms with E-state index in [-0.39, 0.29) is 9.96 Å². The van der Waals surface area contributed by atoms with Crippen LogP contribution < -0.4 is 8.92 Å². The van der Waals surface area contributed by atoms with Gasteiger partial charge in [-0.15, -0.1) is 11.3 Å². The van der Waals surface area contributed by atoms with Crippen LogP contribution in [0, 0.1) is 0 Å². The van der Waals surface area contributed by atoms with Crippen LogP contribution >= 0.6 is 27.3 Å². The Morgan fingerprint density at radius 3 is 2.42 bits per heavy atom. The van der Waals surface area contributed by atoms with Gasteiger partial charge in [0, 0.05) is 0 Å². The van der Waals surface area contributed by atoms with Gasteiger partial charge < -0.3 is 8.92 Å². The minimum absolute atomic E-state index is 0.144. The van der Waals surface area contributed by atoms with Crippen molar-refractivity contribution in [3.8, 4) is 11.5 Å². The monoisotopic (exact) mass is 362 g/mol. The van der Waals surface area contributed by atoms with Crippen LogP contribution in [-0.2, 0) is 10.1 Å². The lowest BCUT2D eigenvalue weighted by Gasteiger charge is -2.10. The van der Waals surface area contributed by atoms with Crippen molar-refractivity contribution in [2.24, 2.45) is 0 Å². The highest BCUT2D eigenvalue weighted by molar-refractivity contribution is 9.11. The Labute approximate surface area is 124 Å². The van der Waals surface area contributed by atoms with Gasteiger partial charge in [0.1, 0.15) is 0 Å². The molecule has 0 aliphatic rings. The third kappa shape index (κ3) is 3.49. The zero-order chi connectivity index (χ0) is 13.9. The predicted molar refractivity (Wildman–Crippen MR) is 77.4 cm³/mol. The van der Waals surface area contributed by atoms with Gasteiger partial charge in [0.2, 0.25) is 0 Å². The molecular formula is C12H11BrO4S2. The van der Waals surface area contributed by atoms with E-state index in [1.807, 2.05) is 6.92 Å². The van der Waals surface area contributed by atoms with Crippen LogP contribution in [0.2, 0.25) is 0 Å². The van der Waals surface area contributed by atoms with Crippen LogP contribution in [0.15, 0.2) is 44.4 Å². The third-order valence-corrected chi connectivity index (χ3v) is 5.45. The first-order valence-electron chi connectivity index (χ1n) is 5.44. The number of benzene rings is 1. The van der Waals surface area contributed by atoms with E-state index in [0.717, 1.165) is 15.1 Å². The molecule has 0 saturated carbocycles. The molecule has 0 saturated heterocycles. The molecule has 19 heavy (non-hydrogen) atoms. The molecule has 102 valence electrons. The Morgan fingerprint density at radius 1 is 1.16 bits per heavy atom. The van der Waals surface area contributed by atoms with E-state index in [0.29, 0.717) is 12.4 Å². The standard InChI is InChI=1S/C12H11BrO4S2/c1-2-16-9-5-3-4-6-10(9)17-19(14,15)12-8-7-11(13)18-12/h3-8H,2H2,1H3. The summed E-state index contributed by atoms with van der Waals surface area (Å²) in [6.07, 6.45) is 0. The van der Waals surface area contributed by atoms with Gasteiger partial charge >= 0.3 is 10.1 Å². The van der Waals surface area contributed by atoms with Crippen molar-refractivity contribution in [2.75, 3.05) is 6.61 Å². The fraction of sp³-hybridized carbons (Fsp3) is 0.167. The van der Waals surface area contributed by atoms with Gasteiger partial charge in [-0.3, -0.25) is 0 Å². The largest absolute Gasteiger partial charge is 0.490 e. The highest BCUT2D eigenvalue weighted by Gasteiger charge is 2.20. The maximum absolute atomic E-state index is 12.1. The molecule has 0 aliphatic heterocycles. The fourth-order valence-corrected chi connectivity index (χ4v) is 4.30. The van der Waals surface area contributed by atoms with Crippen LogP contribution in [0.5, 0.6) is 11.5 Å². The van der Waals surface area contributed by atoms with Crippen molar-refractivity contribution in [2.45, 2.75) is 11.1 Å². The second-order valence-electron chi connectivity index (χ2n) is 3.48. The van der Waals surface area contributed by atoms with E-state index in [1.54, 1.807) is 30.3 Å². The summed E-state index contributed by atoms with van der Waals surface area (Å²) in [6, 6.07) is 9.83. The number of para-hydroxylation sites is 2. The molecule has 0 radical (unpaired) electrons. The zero-order valence-corrected chi connectivity index (χ0v) is 13.2. The molecule has 1 aromatic carbocycles. The van der Waals surface area contributed by atoms with Crippen molar-refractivity contribution < 1.29 is 17.3 Å². The highest BCUT2D eigenvalue weighted by atomic mass is 79.9. The van der Waals surface area contributed by atoms with E-state index >= 15 is 0 Å². The molecule has 2 aromatic rings. The lowest BCUT2D eigenvalue weighted by atomic mass is 10.3. The van der Waals surface area contributed by atoms with Crippen molar-refractivity contribution in [1.82, 2.24) is 0 Å². The summed E-state index contributed by atoms with van der Waals surface area (Å²) in [5.74, 6) is 0.595. The molecule has 4 nitrogen and oxygen atoms in total. The van der Waals surface area contributed by atoms with Crippen LogP contribution in [0.1, 0.15) is 6.92 Å². The molecule has 0 atom stereocenters. The summed E-state index contributed by atoms with van der Waals surface area (Å²) in [4.78, 5) is 0. The molecule has 1 heterocycles. The molecule has 0 fully saturated rings. The second-order valence-corrected chi connectivity index (χ2v) is 7.71. The number of hydrogen-bond donors (Lipinski definition) is 0. The number of hydrogen-bond acceptors (Lipinski definition) is 5. The number of halogens is 1. The van der Waals surface area contributed by atoms with E-state index in [4.69, 9.17) is 8.92 Å². The van der Waals surface area contributed by atoms with E-state index in [2.05, 4.69) is 15.9 Å². The first-order valence-corrected chi connectivity index (χ1v) is 8.46. The lowest BCUT2D eigenvalue weighted by Crippen LogP contribution is -2.09. The number of rotatable bonds is 5. The summed E-state index contributed by atoms with van der Waals surface area (Å²) < 4.78 is 35.5. The SMILES string of the molecule is CCOc1ccccc1OS(=O)(=O)c1ccc(Br)s1. The van der Waals surface area contributed by atoms with Gasteiger partial charge in [-0.2, -0.15) is 8.42 Å².